The fourth-order valence-corrected chi connectivity index (χ4v) is 4.44. The predicted octanol–water partition coefficient (Wildman–Crippen LogP) is 5.86. The molecule has 6 rings (SSSR count). The van der Waals surface area contributed by atoms with E-state index in [9.17, 15) is 5.11 Å². The van der Waals surface area contributed by atoms with Crippen LogP contribution in [-0.2, 0) is 6.42 Å². The number of fused-ring (bicyclic) bond motifs is 8. The smallest absolute Gasteiger partial charge is 0.0659 e. The zero-order chi connectivity index (χ0) is 22.2. The van der Waals surface area contributed by atoms with Gasteiger partial charge >= 0.3 is 0 Å². The molecule has 160 valence electrons. The van der Waals surface area contributed by atoms with Crippen molar-refractivity contribution < 1.29 is 5.11 Å². The van der Waals surface area contributed by atoms with Gasteiger partial charge in [0.15, 0.2) is 0 Å². The van der Waals surface area contributed by atoms with E-state index in [1.54, 1.807) is 0 Å². The van der Waals surface area contributed by atoms with Crippen LogP contribution in [0.15, 0.2) is 66.7 Å². The van der Waals surface area contributed by atoms with Crippen LogP contribution in [0.25, 0.3) is 57.5 Å². The van der Waals surface area contributed by atoms with Gasteiger partial charge in [-0.2, -0.15) is 0 Å². The van der Waals surface area contributed by atoms with Crippen molar-refractivity contribution in [3.8, 4) is 11.1 Å². The molecule has 0 saturated carbocycles. The number of aromatic nitrogens is 4. The lowest BCUT2D eigenvalue weighted by Gasteiger charge is -2.04. The van der Waals surface area contributed by atoms with Gasteiger partial charge in [-0.15, -0.1) is 0 Å². The van der Waals surface area contributed by atoms with Gasteiger partial charge in [-0.05, 0) is 78.3 Å². The Balaban J connectivity index is 1.73. The molecule has 0 atom stereocenters. The highest BCUT2D eigenvalue weighted by Gasteiger charge is 2.14. The number of aliphatic hydroxyl groups is 1. The molecule has 0 fully saturated rings. The van der Waals surface area contributed by atoms with Crippen LogP contribution in [0, 0.1) is 0 Å². The molecule has 5 nitrogen and oxygen atoms in total. The van der Waals surface area contributed by atoms with Crippen LogP contribution < -0.4 is 0 Å². The Hall–Kier alpha value is -4.22. The number of hydrogen-bond acceptors (Lipinski definition) is 3. The topological polar surface area (TPSA) is 77.6 Å². The molecule has 2 aliphatic rings. The number of aliphatic hydroxyl groups excluding tert-OH is 1. The third-order valence-corrected chi connectivity index (χ3v) is 5.88. The Kier molecular flexibility index (Phi) is 4.74. The number of hydrogen-bond donors (Lipinski definition) is 3. The van der Waals surface area contributed by atoms with Crippen molar-refractivity contribution in [3.05, 3.63) is 95.1 Å². The molecule has 5 heteroatoms. The summed E-state index contributed by atoms with van der Waals surface area (Å²) < 4.78 is 0. The molecule has 0 saturated heterocycles. The Labute approximate surface area is 190 Å². The summed E-state index contributed by atoms with van der Waals surface area (Å²) in [5, 5.41) is 9.87. The average Bonchev–Trinajstić information content (AvgIpc) is 3.60. The Morgan fingerprint density at radius 1 is 0.636 bits per heavy atom. The number of nitrogens with one attached hydrogen (secondary N) is 2. The molecule has 0 radical (unpaired) electrons. The molecule has 0 unspecified atom stereocenters. The fraction of sp³-hybridized carbons (Fsp3) is 0.0714. The van der Waals surface area contributed by atoms with Crippen molar-refractivity contribution in [1.29, 1.82) is 0 Å². The van der Waals surface area contributed by atoms with Gasteiger partial charge < -0.3 is 15.1 Å². The Bertz CT molecular complexity index is 1570. The molecule has 2 aliphatic heterocycles. The monoisotopic (exact) mass is 430 g/mol. The molecule has 0 amide bonds. The Morgan fingerprint density at radius 2 is 1.27 bits per heavy atom. The van der Waals surface area contributed by atoms with Crippen molar-refractivity contribution in [1.82, 2.24) is 19.9 Å². The lowest BCUT2D eigenvalue weighted by molar-refractivity contribution is 0.300. The number of nitrogens with zero attached hydrogens (tertiary/aromatic N) is 2. The van der Waals surface area contributed by atoms with Gasteiger partial charge in [0.1, 0.15) is 0 Å². The van der Waals surface area contributed by atoms with E-state index in [-0.39, 0.29) is 6.61 Å². The zero-order valence-electron chi connectivity index (χ0n) is 17.9. The minimum absolute atomic E-state index is 0.0697. The molecular weight excluding hydrogens is 408 g/mol. The number of aromatic amines is 2. The lowest BCUT2D eigenvalue weighted by atomic mass is 9.99. The van der Waals surface area contributed by atoms with Crippen molar-refractivity contribution in [2.75, 3.05) is 6.61 Å². The molecule has 0 aliphatic carbocycles. The summed E-state index contributed by atoms with van der Waals surface area (Å²) >= 11 is 0. The van der Waals surface area contributed by atoms with E-state index in [1.165, 1.54) is 0 Å². The summed E-state index contributed by atoms with van der Waals surface area (Å²) in [5.74, 6) is 0. The molecule has 4 aromatic rings. The van der Waals surface area contributed by atoms with E-state index in [4.69, 9.17) is 4.98 Å². The van der Waals surface area contributed by atoms with Crippen LogP contribution in [0.4, 0.5) is 0 Å². The second kappa shape index (κ2) is 8.04. The van der Waals surface area contributed by atoms with Crippen LogP contribution in [0.3, 0.4) is 0 Å². The SMILES string of the molecule is OCCc1c(-c2ccccc2)c2cc3nc(cc4nc(cc5ccc(cc1[nH]2)[nH]5)C=C4)C=C3. The highest BCUT2D eigenvalue weighted by atomic mass is 16.2. The number of benzene rings is 1. The van der Waals surface area contributed by atoms with Gasteiger partial charge in [0.25, 0.3) is 0 Å². The van der Waals surface area contributed by atoms with E-state index >= 15 is 0 Å². The molecule has 5 heterocycles. The highest BCUT2D eigenvalue weighted by molar-refractivity contribution is 5.92. The van der Waals surface area contributed by atoms with Gasteiger partial charge in [-0.3, -0.25) is 0 Å². The normalized spacial score (nSPS) is 12.4. The minimum Gasteiger partial charge on any atom is -0.396 e. The zero-order valence-corrected chi connectivity index (χ0v) is 17.9. The molecule has 33 heavy (non-hydrogen) atoms. The van der Waals surface area contributed by atoms with E-state index in [0.29, 0.717) is 6.42 Å². The van der Waals surface area contributed by atoms with Crippen molar-refractivity contribution in [3.63, 3.8) is 0 Å². The number of H-pyrrole nitrogens is 2. The third kappa shape index (κ3) is 3.79. The first-order valence-electron chi connectivity index (χ1n) is 11.0. The molecule has 0 spiro atoms. The highest BCUT2D eigenvalue weighted by Crippen LogP contribution is 2.33. The lowest BCUT2D eigenvalue weighted by Crippen LogP contribution is -1.92. The first-order chi connectivity index (χ1) is 16.2. The summed E-state index contributed by atoms with van der Waals surface area (Å²) in [6.07, 6.45) is 8.58. The fourth-order valence-electron chi connectivity index (χ4n) is 4.44. The quantitative estimate of drug-likeness (QED) is 0.329. The van der Waals surface area contributed by atoms with Gasteiger partial charge in [0.2, 0.25) is 0 Å². The van der Waals surface area contributed by atoms with Crippen molar-refractivity contribution in [2.45, 2.75) is 6.42 Å². The van der Waals surface area contributed by atoms with Crippen LogP contribution in [0.2, 0.25) is 0 Å². The van der Waals surface area contributed by atoms with E-state index < -0.39 is 0 Å². The number of rotatable bonds is 3. The maximum Gasteiger partial charge on any atom is 0.0659 e. The molecule has 3 aromatic heterocycles. The Morgan fingerprint density at radius 3 is 1.97 bits per heavy atom. The van der Waals surface area contributed by atoms with Gasteiger partial charge in [0.05, 0.1) is 22.8 Å². The van der Waals surface area contributed by atoms with E-state index in [0.717, 1.165) is 61.5 Å². The average molecular weight is 431 g/mol. The summed E-state index contributed by atoms with van der Waals surface area (Å²) in [6.45, 7) is 0.0697. The van der Waals surface area contributed by atoms with E-state index in [1.807, 2.05) is 60.7 Å². The van der Waals surface area contributed by atoms with Gasteiger partial charge in [0, 0.05) is 34.2 Å². The van der Waals surface area contributed by atoms with Crippen LogP contribution in [0.5, 0.6) is 0 Å². The predicted molar refractivity (Wildman–Crippen MR) is 135 cm³/mol. The largest absolute Gasteiger partial charge is 0.396 e. The molecular formula is C28H22N4O. The van der Waals surface area contributed by atoms with Crippen LogP contribution >= 0.6 is 0 Å². The second-order valence-corrected chi connectivity index (χ2v) is 8.18. The second-order valence-electron chi connectivity index (χ2n) is 8.18. The molecule has 3 N–H and O–H groups in total. The summed E-state index contributed by atoms with van der Waals surface area (Å²) in [4.78, 5) is 16.5. The van der Waals surface area contributed by atoms with Crippen molar-refractivity contribution >= 4 is 46.4 Å². The molecule has 8 bridgehead atoms. The van der Waals surface area contributed by atoms with E-state index in [2.05, 4.69) is 45.3 Å². The third-order valence-electron chi connectivity index (χ3n) is 5.88. The van der Waals surface area contributed by atoms with Crippen LogP contribution in [0.1, 0.15) is 28.3 Å². The first-order valence-corrected chi connectivity index (χ1v) is 11.0. The van der Waals surface area contributed by atoms with Gasteiger partial charge in [-0.25, -0.2) is 9.97 Å². The minimum atomic E-state index is 0.0697. The maximum absolute atomic E-state index is 9.87. The maximum atomic E-state index is 9.87. The summed E-state index contributed by atoms with van der Waals surface area (Å²) in [7, 11) is 0. The van der Waals surface area contributed by atoms with Gasteiger partial charge in [-0.1, -0.05) is 30.3 Å². The summed E-state index contributed by atoms with van der Waals surface area (Å²) in [5.41, 5.74) is 10.7. The summed E-state index contributed by atoms with van der Waals surface area (Å²) in [6, 6.07) is 22.6. The standard InChI is InChI=1S/C28H22N4O/c33-13-12-25-26-16-23-10-8-21(30-23)14-19-6-7-20(29-19)15-22-9-11-24(31-22)17-27(32-26)28(25)18-4-2-1-3-5-18/h1-11,14-17,30,32-33H,12-13H2. The molecule has 1 aromatic carbocycles. The van der Waals surface area contributed by atoms with Crippen molar-refractivity contribution in [2.24, 2.45) is 0 Å². The van der Waals surface area contributed by atoms with Crippen LogP contribution in [-0.4, -0.2) is 31.6 Å². The first kappa shape index (κ1) is 19.5.